The van der Waals surface area contributed by atoms with E-state index in [9.17, 15) is 51.9 Å². The van der Waals surface area contributed by atoms with Crippen LogP contribution in [0, 0.1) is 0 Å². The van der Waals surface area contributed by atoms with Gasteiger partial charge in [-0.3, -0.25) is 0 Å². The van der Waals surface area contributed by atoms with Crippen molar-refractivity contribution in [2.24, 2.45) is 0 Å². The summed E-state index contributed by atoms with van der Waals surface area (Å²) >= 11 is 0. The topological polar surface area (TPSA) is 351 Å². The lowest BCUT2D eigenvalue weighted by Crippen LogP contribution is -3.00. The summed E-state index contributed by atoms with van der Waals surface area (Å²) in [6.07, 6.45) is 0. The van der Waals surface area contributed by atoms with Gasteiger partial charge in [0.05, 0.1) is 76.0 Å². The third-order valence-electron chi connectivity index (χ3n) is 6.94. The molecule has 0 heterocycles. The van der Waals surface area contributed by atoms with Gasteiger partial charge in [-0.05, 0) is 91.7 Å². The Labute approximate surface area is 366 Å². The van der Waals surface area contributed by atoms with Gasteiger partial charge in [-0.25, -0.2) is 33.7 Å². The second kappa shape index (κ2) is 23.4. The minimum Gasteiger partial charge on any atom is -0.739 e. The van der Waals surface area contributed by atoms with Crippen molar-refractivity contribution in [2.45, 2.75) is 19.6 Å². The average molecular weight is 993 g/mol. The molecule has 0 unspecified atom stereocenters. The third kappa shape index (κ3) is 22.2. The fourth-order valence-corrected chi connectivity index (χ4v) is 11.9. The van der Waals surface area contributed by atoms with Crippen LogP contribution < -0.4 is 42.5 Å². The highest BCUT2D eigenvalue weighted by molar-refractivity contribution is 8.70. The fraction of sp³-hybridized carbons (Fsp3) is 0.250. The minimum atomic E-state index is -4.35. The van der Waals surface area contributed by atoms with Gasteiger partial charge in [-0.2, -0.15) is 0 Å². The molecule has 28 heteroatoms. The molecule has 4 aromatic carbocycles. The number of nitrogen functional groups attached to an aromatic ring is 4. The van der Waals surface area contributed by atoms with Crippen molar-refractivity contribution in [3.05, 3.63) is 72.8 Å². The van der Waals surface area contributed by atoms with Crippen molar-refractivity contribution in [3.63, 3.8) is 0 Å². The molecule has 0 aliphatic rings. The Morgan fingerprint density at radius 2 is 0.500 bits per heavy atom. The molecular formula is C32H48N8O12S8. The Hall–Kier alpha value is -3.04. The largest absolute Gasteiger partial charge is 0.739 e. The Morgan fingerprint density at radius 1 is 0.350 bits per heavy atom. The number of anilines is 4. The molecule has 0 aliphatic heterocycles. The molecule has 0 radical (unpaired) electrons. The van der Waals surface area contributed by atoms with E-state index < -0.39 is 36.6 Å². The maximum Gasteiger partial charge on any atom is 0.153 e. The normalized spacial score (nSPS) is 12.0. The molecule has 0 amide bonds. The van der Waals surface area contributed by atoms with E-state index in [0.29, 0.717) is 42.3 Å². The van der Waals surface area contributed by atoms with E-state index in [0.717, 1.165) is 42.3 Å². The molecular weight excluding hydrogens is 945 g/mol. The van der Waals surface area contributed by atoms with Crippen LogP contribution in [0.15, 0.2) is 92.4 Å². The van der Waals surface area contributed by atoms with Crippen LogP contribution in [-0.2, 0) is 36.6 Å². The number of benzene rings is 4. The van der Waals surface area contributed by atoms with Crippen LogP contribution in [-0.4, -0.2) is 108 Å². The lowest BCUT2D eigenvalue weighted by Gasteiger charge is -2.13. The van der Waals surface area contributed by atoms with Crippen molar-refractivity contribution < 1.29 is 71.5 Å². The summed E-state index contributed by atoms with van der Waals surface area (Å²) in [7, 11) is -1.54. The molecule has 0 aliphatic carbocycles. The van der Waals surface area contributed by atoms with Gasteiger partial charge in [0, 0.05) is 47.0 Å². The summed E-state index contributed by atoms with van der Waals surface area (Å²) in [6, 6.07) is 19.5. The van der Waals surface area contributed by atoms with Crippen molar-refractivity contribution in [3.8, 4) is 0 Å². The van der Waals surface area contributed by atoms with Crippen LogP contribution in [0.25, 0.3) is 0 Å². The summed E-state index contributed by atoms with van der Waals surface area (Å²) in [5.41, 5.74) is 26.8. The first-order chi connectivity index (χ1) is 27.2. The maximum absolute atomic E-state index is 10.6. The maximum atomic E-state index is 10.6. The minimum absolute atomic E-state index is 0.286. The summed E-state index contributed by atoms with van der Waals surface area (Å²) in [4.78, 5) is 5.25. The molecule has 4 aromatic rings. The Morgan fingerprint density at radius 3 is 0.617 bits per heavy atom. The van der Waals surface area contributed by atoms with E-state index >= 15 is 0 Å². The molecule has 0 saturated heterocycles. The second-order valence-electron chi connectivity index (χ2n) is 13.0. The van der Waals surface area contributed by atoms with Crippen molar-refractivity contribution in [1.29, 1.82) is 0 Å². The molecule has 20 nitrogen and oxygen atoms in total. The highest BCUT2D eigenvalue weighted by atomic mass is 33.2. The van der Waals surface area contributed by atoms with Crippen LogP contribution >= 0.6 is 43.2 Å². The lowest BCUT2D eigenvalue weighted by molar-refractivity contribution is -0.788. The summed E-state index contributed by atoms with van der Waals surface area (Å²) in [5.74, 6) is 0. The molecule has 0 aromatic heterocycles. The fourth-order valence-electron chi connectivity index (χ4n) is 4.52. The molecule has 0 spiro atoms. The van der Waals surface area contributed by atoms with Gasteiger partial charge in [0.1, 0.15) is 22.7 Å². The molecule has 60 heavy (non-hydrogen) atoms. The lowest BCUT2D eigenvalue weighted by atomic mass is 10.3. The van der Waals surface area contributed by atoms with Gasteiger partial charge >= 0.3 is 0 Å². The zero-order valence-corrected chi connectivity index (χ0v) is 39.9. The highest BCUT2D eigenvalue weighted by Crippen LogP contribution is 2.33. The number of hydrogen-bond acceptors (Lipinski definition) is 20. The van der Waals surface area contributed by atoms with Gasteiger partial charge in [0.15, 0.2) is 36.6 Å². The van der Waals surface area contributed by atoms with Gasteiger partial charge < -0.3 is 60.7 Å². The van der Waals surface area contributed by atoms with E-state index in [-0.39, 0.29) is 43.2 Å². The van der Waals surface area contributed by atoms with Crippen LogP contribution in [0.2, 0.25) is 0 Å². The van der Waals surface area contributed by atoms with E-state index in [2.05, 4.69) is 0 Å². The molecule has 0 fully saturated rings. The first-order valence-electron chi connectivity index (χ1n) is 16.6. The summed E-state index contributed by atoms with van der Waals surface area (Å²) in [6.45, 7) is 0. The van der Waals surface area contributed by atoms with Crippen molar-refractivity contribution in [2.75, 3.05) is 79.3 Å². The molecule has 4 rings (SSSR count). The van der Waals surface area contributed by atoms with E-state index in [1.165, 1.54) is 24.3 Å². The Kier molecular flexibility index (Phi) is 21.5. The highest BCUT2D eigenvalue weighted by Gasteiger charge is 2.16. The van der Waals surface area contributed by atoms with Gasteiger partial charge in [0.2, 0.25) is 0 Å². The van der Waals surface area contributed by atoms with Crippen LogP contribution in [0.5, 0.6) is 0 Å². The number of quaternary nitrogens is 4. The second-order valence-corrected chi connectivity index (χ2v) is 25.6. The van der Waals surface area contributed by atoms with E-state index in [1.807, 2.05) is 56.4 Å². The molecule has 12 N–H and O–H groups in total. The Balaban J connectivity index is 0.000000400. The number of nitrogens with one attached hydrogen (secondary N) is 4. The summed E-state index contributed by atoms with van der Waals surface area (Å²) in [5, 5.41) is 0. The quantitative estimate of drug-likeness (QED) is 0.0450. The smallest absolute Gasteiger partial charge is 0.153 e. The van der Waals surface area contributed by atoms with Crippen LogP contribution in [0.3, 0.4) is 0 Å². The van der Waals surface area contributed by atoms with E-state index in [4.69, 9.17) is 22.9 Å². The number of rotatable bonds is 12. The van der Waals surface area contributed by atoms with Gasteiger partial charge in [-0.15, -0.1) is 0 Å². The van der Waals surface area contributed by atoms with Crippen molar-refractivity contribution in [1.82, 2.24) is 0 Å². The van der Waals surface area contributed by atoms with E-state index in [1.54, 1.807) is 48.5 Å². The van der Waals surface area contributed by atoms with Gasteiger partial charge in [-0.1, -0.05) is 0 Å². The molecule has 336 valence electrons. The standard InChI is InChI=1S/4C8H12N2O3S2/c4*1-10(2)7-4-3-6(9)5-8(7)14-15(11,12)13/h4*3-5H,9H2,1-2H3,(H,11,12,13). The molecule has 0 saturated carbocycles. The monoisotopic (exact) mass is 992 g/mol. The van der Waals surface area contributed by atoms with Gasteiger partial charge in [0.25, 0.3) is 0 Å². The van der Waals surface area contributed by atoms with Crippen LogP contribution in [0.1, 0.15) is 0 Å². The predicted octanol–water partition coefficient (Wildman–Crippen LogP) is -1.61. The molecule has 0 atom stereocenters. The van der Waals surface area contributed by atoms with Crippen LogP contribution in [0.4, 0.5) is 45.5 Å². The first kappa shape index (κ1) is 55.0. The zero-order chi connectivity index (χ0) is 46.6. The Bertz CT molecular complexity index is 2180. The number of hydrogen-bond donors (Lipinski definition) is 8. The SMILES string of the molecule is C[NH+](C)c1ccc(N)cc1SS(=O)(=O)[O-].C[NH+](C)c1ccc(N)cc1SS(=O)(=O)[O-].C[NH+](C)c1ccc(N)cc1SS(=O)(=O)[O-].C[NH+](C)c1ccc(N)cc1SS(=O)(=O)[O-]. The third-order valence-corrected chi connectivity index (χ3v) is 14.4. The molecule has 0 bridgehead atoms. The first-order valence-corrected chi connectivity index (χ1v) is 27.6. The zero-order valence-electron chi connectivity index (χ0n) is 33.4. The number of nitrogens with two attached hydrogens (primary N) is 4. The summed E-state index contributed by atoms with van der Waals surface area (Å²) < 4.78 is 128. The van der Waals surface area contributed by atoms with Crippen molar-refractivity contribution >= 4 is 125 Å². The predicted molar refractivity (Wildman–Crippen MR) is 236 cm³/mol. The average Bonchev–Trinajstić information content (AvgIpc) is 3.02.